The predicted octanol–water partition coefficient (Wildman–Crippen LogP) is 3.67. The predicted molar refractivity (Wildman–Crippen MR) is 89.5 cm³/mol. The van der Waals surface area contributed by atoms with E-state index in [1.165, 1.54) is 16.3 Å². The minimum Gasteiger partial charge on any atom is -0.323 e. The zero-order chi connectivity index (χ0) is 14.8. The first-order valence-corrected chi connectivity index (χ1v) is 8.00. The normalized spacial score (nSPS) is 12.7. The van der Waals surface area contributed by atoms with Crippen molar-refractivity contribution in [1.29, 1.82) is 0 Å². The van der Waals surface area contributed by atoms with Gasteiger partial charge in [0.05, 0.1) is 10.7 Å². The molecule has 2 aromatic carbocycles. The van der Waals surface area contributed by atoms with Crippen molar-refractivity contribution < 1.29 is 0 Å². The van der Waals surface area contributed by atoms with Gasteiger partial charge in [0.1, 0.15) is 0 Å². The number of benzene rings is 2. The summed E-state index contributed by atoms with van der Waals surface area (Å²) in [5.74, 6) is 0.845. The Morgan fingerprint density at radius 1 is 1.14 bits per heavy atom. The van der Waals surface area contributed by atoms with Crippen LogP contribution in [0.1, 0.15) is 17.3 Å². The van der Waals surface area contributed by atoms with E-state index in [9.17, 15) is 0 Å². The molecule has 21 heavy (non-hydrogen) atoms. The second-order valence-corrected chi connectivity index (χ2v) is 6.31. The van der Waals surface area contributed by atoms with Crippen molar-refractivity contribution in [3.05, 3.63) is 59.8 Å². The van der Waals surface area contributed by atoms with E-state index in [1.807, 2.05) is 18.7 Å². The number of fused-ring (bicyclic) bond motifs is 1. The molecule has 1 heterocycles. The molecule has 0 bridgehead atoms. The van der Waals surface area contributed by atoms with Crippen LogP contribution in [0, 0.1) is 6.92 Å². The highest BCUT2D eigenvalue weighted by Gasteiger charge is 2.10. The van der Waals surface area contributed by atoms with Crippen LogP contribution in [0.15, 0.2) is 53.6 Å². The molecule has 3 rings (SSSR count). The second-order valence-electron chi connectivity index (χ2n) is 5.27. The molecule has 0 aliphatic heterocycles. The van der Waals surface area contributed by atoms with E-state index in [1.54, 1.807) is 11.8 Å². The number of aryl methyl sites for hydroxylation is 2. The zero-order valence-electron chi connectivity index (χ0n) is 12.3. The lowest BCUT2D eigenvalue weighted by Gasteiger charge is -2.12. The fourth-order valence-electron chi connectivity index (χ4n) is 2.43. The molecule has 1 atom stereocenters. The molecule has 0 amide bonds. The largest absolute Gasteiger partial charge is 0.323 e. The maximum atomic E-state index is 6.34. The Morgan fingerprint density at radius 3 is 2.62 bits per heavy atom. The van der Waals surface area contributed by atoms with Crippen molar-refractivity contribution in [1.82, 2.24) is 9.78 Å². The van der Waals surface area contributed by atoms with Gasteiger partial charge in [-0.15, -0.1) is 11.8 Å². The molecule has 0 aliphatic rings. The maximum absolute atomic E-state index is 6.34. The Hall–Kier alpha value is -1.78. The standard InChI is InChI=1S/C17H19N3S/c1-12-9-17(20(2)19-12)21-11-16(18)15-8-7-13-5-3-4-6-14(13)10-15/h3-10,16H,11,18H2,1-2H3. The summed E-state index contributed by atoms with van der Waals surface area (Å²) >= 11 is 1.75. The second kappa shape index (κ2) is 5.92. The average Bonchev–Trinajstić information content (AvgIpc) is 2.82. The topological polar surface area (TPSA) is 43.8 Å². The lowest BCUT2D eigenvalue weighted by atomic mass is 10.0. The van der Waals surface area contributed by atoms with Gasteiger partial charge >= 0.3 is 0 Å². The van der Waals surface area contributed by atoms with E-state index < -0.39 is 0 Å². The maximum Gasteiger partial charge on any atom is 0.0939 e. The number of nitrogens with two attached hydrogens (primary N) is 1. The molecule has 0 spiro atoms. The van der Waals surface area contributed by atoms with Crippen LogP contribution in [0.2, 0.25) is 0 Å². The van der Waals surface area contributed by atoms with Gasteiger partial charge < -0.3 is 5.73 Å². The molecule has 0 radical (unpaired) electrons. The summed E-state index contributed by atoms with van der Waals surface area (Å²) in [7, 11) is 1.97. The molecular weight excluding hydrogens is 278 g/mol. The third-order valence-electron chi connectivity index (χ3n) is 3.57. The summed E-state index contributed by atoms with van der Waals surface area (Å²) in [6.45, 7) is 2.01. The highest BCUT2D eigenvalue weighted by Crippen LogP contribution is 2.25. The molecule has 3 nitrogen and oxygen atoms in total. The van der Waals surface area contributed by atoms with Crippen molar-refractivity contribution in [2.24, 2.45) is 12.8 Å². The monoisotopic (exact) mass is 297 g/mol. The molecule has 3 aromatic rings. The Morgan fingerprint density at radius 2 is 1.90 bits per heavy atom. The first-order valence-electron chi connectivity index (χ1n) is 7.01. The van der Waals surface area contributed by atoms with Crippen molar-refractivity contribution in [3.63, 3.8) is 0 Å². The van der Waals surface area contributed by atoms with Gasteiger partial charge in [-0.1, -0.05) is 36.4 Å². The van der Waals surface area contributed by atoms with Crippen LogP contribution in [0.3, 0.4) is 0 Å². The van der Waals surface area contributed by atoms with Gasteiger partial charge in [0.15, 0.2) is 0 Å². The molecule has 0 saturated carbocycles. The van der Waals surface area contributed by atoms with Crippen LogP contribution in [-0.4, -0.2) is 15.5 Å². The molecule has 108 valence electrons. The molecular formula is C17H19N3S. The number of hydrogen-bond acceptors (Lipinski definition) is 3. The molecule has 4 heteroatoms. The van der Waals surface area contributed by atoms with Crippen LogP contribution in [0.5, 0.6) is 0 Å². The average molecular weight is 297 g/mol. The molecule has 1 unspecified atom stereocenters. The lowest BCUT2D eigenvalue weighted by molar-refractivity contribution is 0.691. The quantitative estimate of drug-likeness (QED) is 0.747. The van der Waals surface area contributed by atoms with E-state index in [-0.39, 0.29) is 6.04 Å². The molecule has 2 N–H and O–H groups in total. The molecule has 0 aliphatic carbocycles. The first-order chi connectivity index (χ1) is 10.1. The zero-order valence-corrected chi connectivity index (χ0v) is 13.1. The van der Waals surface area contributed by atoms with E-state index >= 15 is 0 Å². The molecule has 1 aromatic heterocycles. The number of aromatic nitrogens is 2. The smallest absolute Gasteiger partial charge is 0.0939 e. The van der Waals surface area contributed by atoms with Gasteiger partial charge in [-0.25, -0.2) is 0 Å². The lowest BCUT2D eigenvalue weighted by Crippen LogP contribution is -2.13. The highest BCUT2D eigenvalue weighted by atomic mass is 32.2. The Bertz CT molecular complexity index is 764. The summed E-state index contributed by atoms with van der Waals surface area (Å²) in [6.07, 6.45) is 0. The van der Waals surface area contributed by atoms with Crippen LogP contribution >= 0.6 is 11.8 Å². The minimum absolute atomic E-state index is 0.0230. The van der Waals surface area contributed by atoms with Crippen molar-refractivity contribution in [2.45, 2.75) is 18.0 Å². The molecule has 0 fully saturated rings. The van der Waals surface area contributed by atoms with Crippen LogP contribution < -0.4 is 5.73 Å². The Kier molecular flexibility index (Phi) is 3.99. The van der Waals surface area contributed by atoms with E-state index in [2.05, 4.69) is 53.6 Å². The fraction of sp³-hybridized carbons (Fsp3) is 0.235. The summed E-state index contributed by atoms with van der Waals surface area (Å²) in [5, 5.41) is 8.01. The van der Waals surface area contributed by atoms with Crippen LogP contribution in [0.25, 0.3) is 10.8 Å². The third kappa shape index (κ3) is 3.12. The SMILES string of the molecule is Cc1cc(SCC(N)c2ccc3ccccc3c2)n(C)n1. The summed E-state index contributed by atoms with van der Waals surface area (Å²) < 4.78 is 1.91. The first kappa shape index (κ1) is 14.2. The highest BCUT2D eigenvalue weighted by molar-refractivity contribution is 7.99. The van der Waals surface area contributed by atoms with Gasteiger partial charge in [-0.3, -0.25) is 4.68 Å². The number of rotatable bonds is 4. The van der Waals surface area contributed by atoms with Gasteiger partial charge in [-0.05, 0) is 35.4 Å². The number of nitrogens with zero attached hydrogens (tertiary/aromatic N) is 2. The van der Waals surface area contributed by atoms with E-state index in [0.717, 1.165) is 16.5 Å². The van der Waals surface area contributed by atoms with Gasteiger partial charge in [0.25, 0.3) is 0 Å². The van der Waals surface area contributed by atoms with Crippen molar-refractivity contribution in [2.75, 3.05) is 5.75 Å². The summed E-state index contributed by atoms with van der Waals surface area (Å²) in [5.41, 5.74) is 8.56. The van der Waals surface area contributed by atoms with Gasteiger partial charge in [-0.2, -0.15) is 5.10 Å². The minimum atomic E-state index is 0.0230. The fourth-order valence-corrected chi connectivity index (χ4v) is 3.46. The Labute approximate surface area is 129 Å². The van der Waals surface area contributed by atoms with E-state index in [0.29, 0.717) is 0 Å². The number of thioether (sulfide) groups is 1. The van der Waals surface area contributed by atoms with E-state index in [4.69, 9.17) is 5.73 Å². The van der Waals surface area contributed by atoms with Gasteiger partial charge in [0.2, 0.25) is 0 Å². The summed E-state index contributed by atoms with van der Waals surface area (Å²) in [4.78, 5) is 0. The van der Waals surface area contributed by atoms with Gasteiger partial charge in [0, 0.05) is 18.8 Å². The summed E-state index contributed by atoms with van der Waals surface area (Å²) in [6, 6.07) is 16.9. The van der Waals surface area contributed by atoms with Crippen molar-refractivity contribution in [3.8, 4) is 0 Å². The third-order valence-corrected chi connectivity index (χ3v) is 4.78. The Balaban J connectivity index is 1.74. The number of hydrogen-bond donors (Lipinski definition) is 1. The van der Waals surface area contributed by atoms with Crippen molar-refractivity contribution >= 4 is 22.5 Å². The molecule has 0 saturated heterocycles. The van der Waals surface area contributed by atoms with Crippen LogP contribution in [0.4, 0.5) is 0 Å². The van der Waals surface area contributed by atoms with Crippen LogP contribution in [-0.2, 0) is 7.05 Å².